The summed E-state index contributed by atoms with van der Waals surface area (Å²) < 4.78 is 2.73. The topological polar surface area (TPSA) is 116 Å². The van der Waals surface area contributed by atoms with Crippen molar-refractivity contribution in [2.45, 2.75) is 13.5 Å². The molecule has 0 unspecified atom stereocenters. The zero-order chi connectivity index (χ0) is 15.6. The van der Waals surface area contributed by atoms with Crippen molar-refractivity contribution in [1.29, 1.82) is 0 Å². The number of carbonyl (C=O) groups excluding carboxylic acids is 1. The Bertz CT molecular complexity index is 917. The fraction of sp³-hybridized carbons (Fsp3) is 0.231. The standard InChI is InChI=1S/C13H13N5O3/c1-3-4-7-18-9(6-5-8(14)19)15-11-10(18)12(20)16-13(21)17(11)2/h5-6H,7H2,1-2H3,(H2,14,19)(H,16,20,21). The van der Waals surface area contributed by atoms with Crippen molar-refractivity contribution in [3.8, 4) is 11.8 Å². The summed E-state index contributed by atoms with van der Waals surface area (Å²) in [6, 6.07) is 0. The van der Waals surface area contributed by atoms with Gasteiger partial charge in [-0.2, -0.15) is 0 Å². The van der Waals surface area contributed by atoms with Crippen LogP contribution in [0, 0.1) is 11.8 Å². The fourth-order valence-corrected chi connectivity index (χ4v) is 1.85. The zero-order valence-corrected chi connectivity index (χ0v) is 11.5. The Morgan fingerprint density at radius 2 is 2.19 bits per heavy atom. The van der Waals surface area contributed by atoms with Crippen LogP contribution in [0.4, 0.5) is 0 Å². The van der Waals surface area contributed by atoms with Gasteiger partial charge in [0.15, 0.2) is 11.2 Å². The summed E-state index contributed by atoms with van der Waals surface area (Å²) >= 11 is 0. The number of nitrogens with two attached hydrogens (primary N) is 1. The maximum Gasteiger partial charge on any atom is 0.329 e. The summed E-state index contributed by atoms with van der Waals surface area (Å²) in [6.07, 6.45) is 2.51. The molecule has 2 aromatic rings. The number of aromatic nitrogens is 4. The minimum Gasteiger partial charge on any atom is -0.366 e. The Morgan fingerprint density at radius 1 is 1.48 bits per heavy atom. The van der Waals surface area contributed by atoms with Crippen LogP contribution in [-0.4, -0.2) is 25.0 Å². The van der Waals surface area contributed by atoms with Gasteiger partial charge in [-0.25, -0.2) is 9.78 Å². The van der Waals surface area contributed by atoms with E-state index in [9.17, 15) is 14.4 Å². The summed E-state index contributed by atoms with van der Waals surface area (Å²) in [7, 11) is 1.49. The number of rotatable bonds is 3. The van der Waals surface area contributed by atoms with E-state index in [2.05, 4.69) is 21.8 Å². The molecule has 0 aliphatic heterocycles. The van der Waals surface area contributed by atoms with E-state index < -0.39 is 17.2 Å². The lowest BCUT2D eigenvalue weighted by molar-refractivity contribution is -0.113. The first-order valence-corrected chi connectivity index (χ1v) is 6.02. The van der Waals surface area contributed by atoms with Crippen molar-refractivity contribution >= 4 is 23.1 Å². The van der Waals surface area contributed by atoms with Gasteiger partial charge in [-0.05, 0) is 13.0 Å². The smallest absolute Gasteiger partial charge is 0.329 e. The largest absolute Gasteiger partial charge is 0.366 e. The number of amides is 1. The Hall–Kier alpha value is -3.08. The third-order valence-electron chi connectivity index (χ3n) is 2.85. The lowest BCUT2D eigenvalue weighted by Gasteiger charge is -2.01. The Labute approximate surface area is 118 Å². The first kappa shape index (κ1) is 14.3. The van der Waals surface area contributed by atoms with Crippen LogP contribution < -0.4 is 17.0 Å². The van der Waals surface area contributed by atoms with Gasteiger partial charge in [-0.1, -0.05) is 5.92 Å². The van der Waals surface area contributed by atoms with Gasteiger partial charge in [0.05, 0.1) is 6.54 Å². The molecule has 0 aliphatic rings. The molecule has 0 saturated carbocycles. The molecule has 1 amide bonds. The molecular formula is C13H13N5O3. The van der Waals surface area contributed by atoms with Gasteiger partial charge in [-0.15, -0.1) is 5.92 Å². The number of aryl methyl sites for hydroxylation is 1. The number of carbonyl (C=O) groups is 1. The minimum atomic E-state index is -0.641. The molecule has 0 bridgehead atoms. The summed E-state index contributed by atoms with van der Waals surface area (Å²) in [5, 5.41) is 0. The number of nitrogens with one attached hydrogen (secondary N) is 1. The number of fused-ring (bicyclic) bond motifs is 1. The molecule has 108 valence electrons. The molecular weight excluding hydrogens is 274 g/mol. The van der Waals surface area contributed by atoms with E-state index in [0.29, 0.717) is 5.82 Å². The fourth-order valence-electron chi connectivity index (χ4n) is 1.85. The van der Waals surface area contributed by atoms with E-state index >= 15 is 0 Å². The third-order valence-corrected chi connectivity index (χ3v) is 2.85. The van der Waals surface area contributed by atoms with Crippen molar-refractivity contribution in [3.05, 3.63) is 32.7 Å². The summed E-state index contributed by atoms with van der Waals surface area (Å²) in [5.41, 5.74) is 4.36. The number of hydrogen-bond acceptors (Lipinski definition) is 4. The molecule has 2 aromatic heterocycles. The van der Waals surface area contributed by atoms with Crippen LogP contribution in [0.3, 0.4) is 0 Å². The van der Waals surface area contributed by atoms with Crippen LogP contribution in [0.15, 0.2) is 15.7 Å². The van der Waals surface area contributed by atoms with E-state index in [1.54, 1.807) is 6.92 Å². The maximum absolute atomic E-state index is 12.0. The van der Waals surface area contributed by atoms with Gasteiger partial charge in [0, 0.05) is 13.1 Å². The average molecular weight is 287 g/mol. The molecule has 0 atom stereocenters. The van der Waals surface area contributed by atoms with Crippen LogP contribution in [0.1, 0.15) is 12.7 Å². The number of nitrogens with zero attached hydrogens (tertiary/aromatic N) is 3. The zero-order valence-electron chi connectivity index (χ0n) is 11.5. The highest BCUT2D eigenvalue weighted by molar-refractivity contribution is 5.90. The highest BCUT2D eigenvalue weighted by Crippen LogP contribution is 2.11. The second-order valence-corrected chi connectivity index (χ2v) is 4.21. The van der Waals surface area contributed by atoms with Crippen LogP contribution in [-0.2, 0) is 18.4 Å². The highest BCUT2D eigenvalue weighted by Gasteiger charge is 2.15. The first-order chi connectivity index (χ1) is 9.95. The Balaban J connectivity index is 2.84. The van der Waals surface area contributed by atoms with Crippen molar-refractivity contribution in [2.75, 3.05) is 0 Å². The van der Waals surface area contributed by atoms with Crippen molar-refractivity contribution < 1.29 is 4.79 Å². The molecule has 2 heterocycles. The van der Waals surface area contributed by atoms with Gasteiger partial charge in [0.25, 0.3) is 5.56 Å². The molecule has 0 fully saturated rings. The lowest BCUT2D eigenvalue weighted by Crippen LogP contribution is -2.29. The van der Waals surface area contributed by atoms with E-state index in [4.69, 9.17) is 5.73 Å². The Morgan fingerprint density at radius 3 is 2.81 bits per heavy atom. The normalized spacial score (nSPS) is 10.8. The first-order valence-electron chi connectivity index (χ1n) is 6.02. The lowest BCUT2D eigenvalue weighted by atomic mass is 10.4. The summed E-state index contributed by atoms with van der Waals surface area (Å²) in [6.45, 7) is 1.87. The minimum absolute atomic E-state index is 0.201. The Kier molecular flexibility index (Phi) is 3.75. The molecule has 2 rings (SSSR count). The van der Waals surface area contributed by atoms with Gasteiger partial charge in [0.2, 0.25) is 5.91 Å². The van der Waals surface area contributed by atoms with Crippen molar-refractivity contribution in [2.24, 2.45) is 12.8 Å². The second-order valence-electron chi connectivity index (χ2n) is 4.21. The number of H-pyrrole nitrogens is 1. The predicted molar refractivity (Wildman–Crippen MR) is 77.3 cm³/mol. The molecule has 0 saturated heterocycles. The van der Waals surface area contributed by atoms with Crippen molar-refractivity contribution in [1.82, 2.24) is 19.1 Å². The third kappa shape index (κ3) is 2.62. The van der Waals surface area contributed by atoms with Crippen LogP contribution in [0.5, 0.6) is 0 Å². The molecule has 8 nitrogen and oxygen atoms in total. The number of imidazole rings is 1. The molecule has 0 aliphatic carbocycles. The van der Waals surface area contributed by atoms with Crippen LogP contribution in [0.25, 0.3) is 17.2 Å². The number of primary amides is 1. The van der Waals surface area contributed by atoms with Gasteiger partial charge < -0.3 is 10.3 Å². The van der Waals surface area contributed by atoms with Crippen LogP contribution >= 0.6 is 0 Å². The molecule has 3 N–H and O–H groups in total. The molecule has 21 heavy (non-hydrogen) atoms. The highest BCUT2D eigenvalue weighted by atomic mass is 16.2. The number of aromatic amines is 1. The second kappa shape index (κ2) is 5.50. The van der Waals surface area contributed by atoms with Gasteiger partial charge in [-0.3, -0.25) is 19.1 Å². The number of hydrogen-bond donors (Lipinski definition) is 2. The van der Waals surface area contributed by atoms with Gasteiger partial charge >= 0.3 is 5.69 Å². The summed E-state index contributed by atoms with van der Waals surface area (Å²) in [4.78, 5) is 40.8. The monoisotopic (exact) mass is 287 g/mol. The quantitative estimate of drug-likeness (QED) is 0.553. The van der Waals surface area contributed by atoms with Crippen molar-refractivity contribution in [3.63, 3.8) is 0 Å². The van der Waals surface area contributed by atoms with E-state index in [1.165, 1.54) is 22.3 Å². The van der Waals surface area contributed by atoms with Gasteiger partial charge in [0.1, 0.15) is 5.82 Å². The van der Waals surface area contributed by atoms with Crippen LogP contribution in [0.2, 0.25) is 0 Å². The molecule has 0 aromatic carbocycles. The maximum atomic E-state index is 12.0. The molecule has 8 heteroatoms. The average Bonchev–Trinajstić information content (AvgIpc) is 2.79. The predicted octanol–water partition coefficient (Wildman–Crippen LogP) is -1.05. The molecule has 0 radical (unpaired) electrons. The van der Waals surface area contributed by atoms with E-state index in [0.717, 1.165) is 6.08 Å². The van der Waals surface area contributed by atoms with E-state index in [1.807, 2.05) is 0 Å². The summed E-state index contributed by atoms with van der Waals surface area (Å²) in [5.74, 6) is 5.21. The SMILES string of the molecule is CC#CCn1c(C=CC(N)=O)nc2c1c(=O)[nH]c(=O)n2C. The molecule has 0 spiro atoms. The van der Waals surface area contributed by atoms with E-state index in [-0.39, 0.29) is 17.7 Å².